The Labute approximate surface area is 139 Å². The van der Waals surface area contributed by atoms with E-state index in [1.54, 1.807) is 6.21 Å². The summed E-state index contributed by atoms with van der Waals surface area (Å²) in [5.74, 6) is 0. The van der Waals surface area contributed by atoms with Crippen molar-refractivity contribution >= 4 is 22.7 Å². The molecule has 0 fully saturated rings. The number of aromatic nitrogens is 1. The molecule has 1 aromatic heterocycles. The highest BCUT2D eigenvalue weighted by Crippen LogP contribution is 2.23. The highest BCUT2D eigenvalue weighted by atomic mass is 32.1. The normalized spacial score (nSPS) is 11.0. The minimum atomic E-state index is 0.0382. The molecule has 3 rings (SSSR count). The van der Waals surface area contributed by atoms with Crippen LogP contribution in [0.3, 0.4) is 0 Å². The van der Waals surface area contributed by atoms with Gasteiger partial charge >= 0.3 is 0 Å². The van der Waals surface area contributed by atoms with E-state index in [4.69, 9.17) is 0 Å². The zero-order chi connectivity index (χ0) is 16.1. The Bertz CT molecular complexity index is 809. The zero-order valence-electron chi connectivity index (χ0n) is 12.7. The third-order valence-corrected chi connectivity index (χ3v) is 4.27. The fourth-order valence-corrected chi connectivity index (χ4v) is 2.89. The fourth-order valence-electron chi connectivity index (χ4n) is 2.26. The van der Waals surface area contributed by atoms with Gasteiger partial charge in [-0.25, -0.2) is 4.98 Å². The quantitative estimate of drug-likeness (QED) is 0.550. The number of hydrogen-bond acceptors (Lipinski definition) is 5. The van der Waals surface area contributed by atoms with Crippen LogP contribution in [0, 0.1) is 6.92 Å². The predicted molar refractivity (Wildman–Crippen MR) is 95.9 cm³/mol. The maximum atomic E-state index is 9.43. The number of aryl methyl sites for hydroxylation is 1. The number of aliphatic hydroxyl groups excluding tert-OH is 1. The average Bonchev–Trinajstić information content (AvgIpc) is 3.01. The van der Waals surface area contributed by atoms with Crippen molar-refractivity contribution in [1.29, 1.82) is 0 Å². The van der Waals surface area contributed by atoms with Gasteiger partial charge in [-0.15, -0.1) is 11.3 Å². The molecule has 0 bridgehead atoms. The molecule has 2 N–H and O–H groups in total. The van der Waals surface area contributed by atoms with Gasteiger partial charge < -0.3 is 5.11 Å². The molecule has 116 valence electrons. The topological polar surface area (TPSA) is 57.5 Å². The monoisotopic (exact) mass is 323 g/mol. The van der Waals surface area contributed by atoms with E-state index in [1.165, 1.54) is 11.3 Å². The lowest BCUT2D eigenvalue weighted by Gasteiger charge is -2.07. The number of benzene rings is 2. The minimum absolute atomic E-state index is 0.0382. The summed E-state index contributed by atoms with van der Waals surface area (Å²) >= 11 is 1.53. The Balaban J connectivity index is 1.72. The van der Waals surface area contributed by atoms with E-state index in [0.717, 1.165) is 33.1 Å². The number of aliphatic hydroxyl groups is 1. The van der Waals surface area contributed by atoms with Crippen molar-refractivity contribution in [2.24, 2.45) is 5.10 Å². The smallest absolute Gasteiger partial charge is 0.203 e. The number of rotatable bonds is 5. The summed E-state index contributed by atoms with van der Waals surface area (Å²) < 4.78 is 0. The van der Waals surface area contributed by atoms with Crippen molar-refractivity contribution in [2.75, 3.05) is 5.43 Å². The van der Waals surface area contributed by atoms with Crippen molar-refractivity contribution in [3.05, 3.63) is 70.7 Å². The van der Waals surface area contributed by atoms with Crippen LogP contribution in [0.5, 0.6) is 0 Å². The van der Waals surface area contributed by atoms with E-state index in [0.29, 0.717) is 0 Å². The standard InChI is InChI=1S/C18H17N3OS/c1-13-12-23-18(20-13)21-19-10-14-6-8-15(9-7-14)17-5-3-2-4-16(17)11-22/h2-10,12,22H,11H2,1H3,(H,20,21). The molecule has 4 nitrogen and oxygen atoms in total. The molecule has 5 heteroatoms. The second-order valence-electron chi connectivity index (χ2n) is 5.10. The highest BCUT2D eigenvalue weighted by Gasteiger charge is 2.03. The van der Waals surface area contributed by atoms with E-state index in [9.17, 15) is 5.11 Å². The Morgan fingerprint density at radius 3 is 2.65 bits per heavy atom. The van der Waals surface area contributed by atoms with Crippen LogP contribution in [0.25, 0.3) is 11.1 Å². The lowest BCUT2D eigenvalue weighted by atomic mass is 9.99. The second kappa shape index (κ2) is 7.17. The maximum absolute atomic E-state index is 9.43. The van der Waals surface area contributed by atoms with Gasteiger partial charge in [-0.1, -0.05) is 48.5 Å². The van der Waals surface area contributed by atoms with Gasteiger partial charge in [0.15, 0.2) is 0 Å². The number of nitrogens with zero attached hydrogens (tertiary/aromatic N) is 2. The molecule has 0 aliphatic carbocycles. The van der Waals surface area contributed by atoms with Crippen LogP contribution in [0.1, 0.15) is 16.8 Å². The molecule has 0 saturated heterocycles. The lowest BCUT2D eigenvalue weighted by molar-refractivity contribution is 0.282. The lowest BCUT2D eigenvalue weighted by Crippen LogP contribution is -1.91. The van der Waals surface area contributed by atoms with Crippen molar-refractivity contribution in [1.82, 2.24) is 4.98 Å². The second-order valence-corrected chi connectivity index (χ2v) is 5.96. The number of hydrazone groups is 1. The first-order valence-corrected chi connectivity index (χ1v) is 8.14. The molecule has 0 radical (unpaired) electrons. The van der Waals surface area contributed by atoms with Gasteiger partial charge in [0, 0.05) is 5.38 Å². The molecule has 0 spiro atoms. The van der Waals surface area contributed by atoms with Crippen molar-refractivity contribution in [3.63, 3.8) is 0 Å². The molecule has 0 amide bonds. The minimum Gasteiger partial charge on any atom is -0.392 e. The summed E-state index contributed by atoms with van der Waals surface area (Å²) in [6.45, 7) is 1.99. The molecule has 0 saturated carbocycles. The molecule has 0 unspecified atom stereocenters. The number of nitrogens with one attached hydrogen (secondary N) is 1. The van der Waals surface area contributed by atoms with Crippen LogP contribution < -0.4 is 5.43 Å². The van der Waals surface area contributed by atoms with Crippen LogP contribution in [0.4, 0.5) is 5.13 Å². The van der Waals surface area contributed by atoms with Gasteiger partial charge in [-0.3, -0.25) is 5.43 Å². The summed E-state index contributed by atoms with van der Waals surface area (Å²) in [6, 6.07) is 15.9. The molecular formula is C18H17N3OS. The first kappa shape index (κ1) is 15.4. The molecule has 0 aliphatic rings. The van der Waals surface area contributed by atoms with Crippen LogP contribution in [0.2, 0.25) is 0 Å². The van der Waals surface area contributed by atoms with E-state index in [1.807, 2.05) is 60.8 Å². The molecule has 2 aromatic carbocycles. The molecule has 1 heterocycles. The van der Waals surface area contributed by atoms with Gasteiger partial charge in [0.25, 0.3) is 0 Å². The summed E-state index contributed by atoms with van der Waals surface area (Å²) in [7, 11) is 0. The third kappa shape index (κ3) is 3.83. The molecule has 0 atom stereocenters. The van der Waals surface area contributed by atoms with Gasteiger partial charge in [0.2, 0.25) is 5.13 Å². The predicted octanol–water partition coefficient (Wildman–Crippen LogP) is 4.06. The maximum Gasteiger partial charge on any atom is 0.203 e. The van der Waals surface area contributed by atoms with E-state index >= 15 is 0 Å². The fraction of sp³-hybridized carbons (Fsp3) is 0.111. The van der Waals surface area contributed by atoms with Gasteiger partial charge in [-0.05, 0) is 29.2 Å². The Kier molecular flexibility index (Phi) is 4.80. The van der Waals surface area contributed by atoms with E-state index in [2.05, 4.69) is 15.5 Å². The molecular weight excluding hydrogens is 306 g/mol. The van der Waals surface area contributed by atoms with Crippen LogP contribution >= 0.6 is 11.3 Å². The summed E-state index contributed by atoms with van der Waals surface area (Å²) in [5, 5.41) is 16.4. The molecule has 0 aliphatic heterocycles. The SMILES string of the molecule is Cc1csc(NN=Cc2ccc(-c3ccccc3CO)cc2)n1. The van der Waals surface area contributed by atoms with E-state index < -0.39 is 0 Å². The first-order valence-electron chi connectivity index (χ1n) is 7.26. The van der Waals surface area contributed by atoms with Crippen molar-refractivity contribution in [2.45, 2.75) is 13.5 Å². The Morgan fingerprint density at radius 1 is 1.17 bits per heavy atom. The molecule has 3 aromatic rings. The van der Waals surface area contributed by atoms with Gasteiger partial charge in [0.05, 0.1) is 18.5 Å². The van der Waals surface area contributed by atoms with Gasteiger partial charge in [0.1, 0.15) is 0 Å². The number of anilines is 1. The highest BCUT2D eigenvalue weighted by molar-refractivity contribution is 7.13. The van der Waals surface area contributed by atoms with Crippen molar-refractivity contribution in [3.8, 4) is 11.1 Å². The van der Waals surface area contributed by atoms with Crippen LogP contribution in [0.15, 0.2) is 59.0 Å². The number of thiazole rings is 1. The number of hydrogen-bond donors (Lipinski definition) is 2. The summed E-state index contributed by atoms with van der Waals surface area (Å²) in [6.07, 6.45) is 1.76. The van der Waals surface area contributed by atoms with Crippen LogP contribution in [-0.4, -0.2) is 16.3 Å². The Morgan fingerprint density at radius 2 is 1.96 bits per heavy atom. The summed E-state index contributed by atoms with van der Waals surface area (Å²) in [5.41, 5.74) is 7.96. The molecule has 23 heavy (non-hydrogen) atoms. The largest absolute Gasteiger partial charge is 0.392 e. The first-order chi connectivity index (χ1) is 11.3. The Hall–Kier alpha value is -2.50. The summed E-state index contributed by atoms with van der Waals surface area (Å²) in [4.78, 5) is 4.28. The van der Waals surface area contributed by atoms with Gasteiger partial charge in [-0.2, -0.15) is 5.10 Å². The van der Waals surface area contributed by atoms with Crippen LogP contribution in [-0.2, 0) is 6.61 Å². The van der Waals surface area contributed by atoms with E-state index in [-0.39, 0.29) is 6.61 Å². The zero-order valence-corrected chi connectivity index (χ0v) is 13.5. The third-order valence-electron chi connectivity index (χ3n) is 3.40. The van der Waals surface area contributed by atoms with Crippen molar-refractivity contribution < 1.29 is 5.11 Å². The average molecular weight is 323 g/mol.